The number of carbonyl (C=O) groups is 1. The Labute approximate surface area is 101 Å². The van der Waals surface area contributed by atoms with Gasteiger partial charge in [-0.15, -0.1) is 0 Å². The molecule has 1 aliphatic heterocycles. The van der Waals surface area contributed by atoms with Gasteiger partial charge in [0.25, 0.3) is 0 Å². The summed E-state index contributed by atoms with van der Waals surface area (Å²) in [5.41, 5.74) is 1.36. The maximum Gasteiger partial charge on any atom is 0.224 e. The zero-order valence-corrected chi connectivity index (χ0v) is 10.6. The van der Waals surface area contributed by atoms with Crippen LogP contribution >= 0.6 is 0 Å². The van der Waals surface area contributed by atoms with Crippen LogP contribution in [0, 0.1) is 13.8 Å². The lowest BCUT2D eigenvalue weighted by Gasteiger charge is -2.44. The maximum atomic E-state index is 11.8. The van der Waals surface area contributed by atoms with Crippen LogP contribution in [0.1, 0.15) is 24.7 Å². The van der Waals surface area contributed by atoms with Crippen molar-refractivity contribution in [3.8, 4) is 0 Å². The van der Waals surface area contributed by atoms with E-state index in [0.717, 1.165) is 11.4 Å². The van der Waals surface area contributed by atoms with E-state index in [2.05, 4.69) is 5.10 Å². The SMILES string of the molecule is Cc1cc(C)n(CCC(=O)N2CC(C)(O)C2)n1. The maximum absolute atomic E-state index is 11.8. The lowest BCUT2D eigenvalue weighted by atomic mass is 9.96. The molecule has 5 nitrogen and oxygen atoms in total. The Morgan fingerprint density at radius 1 is 1.53 bits per heavy atom. The number of aryl methyl sites for hydroxylation is 3. The van der Waals surface area contributed by atoms with Crippen LogP contribution in [0.3, 0.4) is 0 Å². The molecule has 1 saturated heterocycles. The summed E-state index contributed by atoms with van der Waals surface area (Å²) in [7, 11) is 0. The molecule has 2 heterocycles. The topological polar surface area (TPSA) is 58.4 Å². The first-order valence-corrected chi connectivity index (χ1v) is 5.89. The predicted molar refractivity (Wildman–Crippen MR) is 63.5 cm³/mol. The van der Waals surface area contributed by atoms with Crippen LogP contribution in [0.15, 0.2) is 6.07 Å². The fourth-order valence-corrected chi connectivity index (χ4v) is 2.21. The molecule has 1 aliphatic rings. The number of hydrogen-bond acceptors (Lipinski definition) is 3. The van der Waals surface area contributed by atoms with Gasteiger partial charge in [-0.25, -0.2) is 0 Å². The zero-order chi connectivity index (χ0) is 12.6. The molecule has 5 heteroatoms. The normalized spacial score (nSPS) is 18.0. The third-order valence-corrected chi connectivity index (χ3v) is 3.06. The van der Waals surface area contributed by atoms with Crippen LogP contribution in [0.5, 0.6) is 0 Å². The molecule has 0 aliphatic carbocycles. The Morgan fingerprint density at radius 2 is 2.18 bits per heavy atom. The molecule has 94 valence electrons. The summed E-state index contributed by atoms with van der Waals surface area (Å²) in [5, 5.41) is 13.9. The third kappa shape index (κ3) is 2.66. The van der Waals surface area contributed by atoms with Crippen molar-refractivity contribution in [2.75, 3.05) is 13.1 Å². The molecule has 1 amide bonds. The lowest BCUT2D eigenvalue weighted by molar-refractivity contribution is -0.152. The van der Waals surface area contributed by atoms with Crippen molar-refractivity contribution in [3.05, 3.63) is 17.5 Å². The number of aliphatic hydroxyl groups is 1. The summed E-state index contributed by atoms with van der Waals surface area (Å²) in [6.07, 6.45) is 0.442. The molecule has 0 saturated carbocycles. The van der Waals surface area contributed by atoms with E-state index in [0.29, 0.717) is 26.1 Å². The quantitative estimate of drug-likeness (QED) is 0.832. The van der Waals surface area contributed by atoms with Crippen molar-refractivity contribution in [1.29, 1.82) is 0 Å². The average molecular weight is 237 g/mol. The number of likely N-dealkylation sites (tertiary alicyclic amines) is 1. The van der Waals surface area contributed by atoms with Gasteiger partial charge < -0.3 is 10.0 Å². The third-order valence-electron chi connectivity index (χ3n) is 3.06. The van der Waals surface area contributed by atoms with E-state index in [9.17, 15) is 9.90 Å². The first-order valence-electron chi connectivity index (χ1n) is 5.89. The largest absolute Gasteiger partial charge is 0.386 e. The fourth-order valence-electron chi connectivity index (χ4n) is 2.21. The van der Waals surface area contributed by atoms with E-state index >= 15 is 0 Å². The van der Waals surface area contributed by atoms with Crippen LogP contribution in [0.4, 0.5) is 0 Å². The summed E-state index contributed by atoms with van der Waals surface area (Å²) in [6, 6.07) is 2.00. The molecule has 17 heavy (non-hydrogen) atoms. The summed E-state index contributed by atoms with van der Waals surface area (Å²) in [6.45, 7) is 7.18. The molecule has 0 spiro atoms. The summed E-state index contributed by atoms with van der Waals surface area (Å²) in [5.74, 6) is 0.0871. The van der Waals surface area contributed by atoms with Gasteiger partial charge in [0.2, 0.25) is 5.91 Å². The van der Waals surface area contributed by atoms with Crippen LogP contribution in [0.25, 0.3) is 0 Å². The number of rotatable bonds is 3. The highest BCUT2D eigenvalue weighted by Gasteiger charge is 2.38. The highest BCUT2D eigenvalue weighted by atomic mass is 16.3. The Bertz CT molecular complexity index is 429. The number of nitrogens with zero attached hydrogens (tertiary/aromatic N) is 3. The van der Waals surface area contributed by atoms with Crippen molar-refractivity contribution in [1.82, 2.24) is 14.7 Å². The number of hydrogen-bond donors (Lipinski definition) is 1. The van der Waals surface area contributed by atoms with Crippen molar-refractivity contribution in [3.63, 3.8) is 0 Å². The minimum atomic E-state index is -0.687. The second-order valence-corrected chi connectivity index (χ2v) is 5.15. The summed E-state index contributed by atoms with van der Waals surface area (Å²) >= 11 is 0. The molecule has 1 aromatic rings. The van der Waals surface area contributed by atoms with Crippen molar-refractivity contribution in [2.45, 2.75) is 39.3 Å². The summed E-state index contributed by atoms with van der Waals surface area (Å²) < 4.78 is 1.85. The van der Waals surface area contributed by atoms with Crippen LogP contribution in [-0.2, 0) is 11.3 Å². The molecular weight excluding hydrogens is 218 g/mol. The Balaban J connectivity index is 1.83. The zero-order valence-electron chi connectivity index (χ0n) is 10.6. The van der Waals surface area contributed by atoms with Gasteiger partial charge in [-0.1, -0.05) is 0 Å². The van der Waals surface area contributed by atoms with Crippen LogP contribution in [0.2, 0.25) is 0 Å². The van der Waals surface area contributed by atoms with E-state index in [1.54, 1.807) is 11.8 Å². The van der Waals surface area contributed by atoms with Gasteiger partial charge in [0, 0.05) is 18.7 Å². The van der Waals surface area contributed by atoms with Gasteiger partial charge in [0.15, 0.2) is 0 Å². The molecule has 0 aromatic carbocycles. The number of β-amino-alcohol motifs (C(OH)–C–C–N with tert-alkyl or cyclic N) is 1. The molecular formula is C12H19N3O2. The van der Waals surface area contributed by atoms with Crippen LogP contribution in [-0.4, -0.2) is 44.4 Å². The molecule has 0 bridgehead atoms. The average Bonchev–Trinajstić information content (AvgIpc) is 2.50. The number of carbonyl (C=O) groups excluding carboxylic acids is 1. The van der Waals surface area contributed by atoms with Crippen molar-refractivity contribution >= 4 is 5.91 Å². The van der Waals surface area contributed by atoms with Gasteiger partial charge >= 0.3 is 0 Å². The second kappa shape index (κ2) is 4.14. The molecule has 1 N–H and O–H groups in total. The Hall–Kier alpha value is -1.36. The Kier molecular flexibility index (Phi) is 2.95. The predicted octanol–water partition coefficient (Wildman–Crippen LogP) is 0.483. The van der Waals surface area contributed by atoms with Crippen molar-refractivity contribution in [2.24, 2.45) is 0 Å². The van der Waals surface area contributed by atoms with E-state index in [1.807, 2.05) is 24.6 Å². The van der Waals surface area contributed by atoms with E-state index in [4.69, 9.17) is 0 Å². The standard InChI is InChI=1S/C12H19N3O2/c1-9-6-10(2)15(13-9)5-4-11(16)14-7-12(3,17)8-14/h6,17H,4-5,7-8H2,1-3H3. The second-order valence-electron chi connectivity index (χ2n) is 5.15. The smallest absolute Gasteiger partial charge is 0.224 e. The number of amides is 1. The van der Waals surface area contributed by atoms with E-state index in [-0.39, 0.29) is 5.91 Å². The highest BCUT2D eigenvalue weighted by Crippen LogP contribution is 2.20. The molecule has 0 atom stereocenters. The molecule has 2 rings (SSSR count). The van der Waals surface area contributed by atoms with Gasteiger partial charge in [0.1, 0.15) is 0 Å². The number of aromatic nitrogens is 2. The minimum absolute atomic E-state index is 0.0871. The monoisotopic (exact) mass is 237 g/mol. The van der Waals surface area contributed by atoms with Crippen LogP contribution < -0.4 is 0 Å². The molecule has 1 aromatic heterocycles. The van der Waals surface area contributed by atoms with E-state index in [1.165, 1.54) is 0 Å². The lowest BCUT2D eigenvalue weighted by Crippen LogP contribution is -2.61. The molecule has 1 fully saturated rings. The van der Waals surface area contributed by atoms with Gasteiger partial charge in [-0.2, -0.15) is 5.10 Å². The molecule has 0 unspecified atom stereocenters. The first-order chi connectivity index (χ1) is 7.87. The summed E-state index contributed by atoms with van der Waals surface area (Å²) in [4.78, 5) is 13.5. The van der Waals surface area contributed by atoms with Gasteiger partial charge in [-0.05, 0) is 26.8 Å². The van der Waals surface area contributed by atoms with Gasteiger partial charge in [0.05, 0.1) is 24.4 Å². The molecule has 0 radical (unpaired) electrons. The first kappa shape index (κ1) is 12.1. The highest BCUT2D eigenvalue weighted by molar-refractivity contribution is 5.77. The van der Waals surface area contributed by atoms with E-state index < -0.39 is 5.60 Å². The van der Waals surface area contributed by atoms with Gasteiger partial charge in [-0.3, -0.25) is 9.48 Å². The minimum Gasteiger partial charge on any atom is -0.386 e. The Morgan fingerprint density at radius 3 is 2.65 bits per heavy atom. The fraction of sp³-hybridized carbons (Fsp3) is 0.667. The van der Waals surface area contributed by atoms with Crippen molar-refractivity contribution < 1.29 is 9.90 Å².